The molecule has 0 bridgehead atoms. The van der Waals surface area contributed by atoms with Crippen LogP contribution in [0.2, 0.25) is 10.3 Å². The zero-order valence-corrected chi connectivity index (χ0v) is 24.6. The third kappa shape index (κ3) is 4.94. The summed E-state index contributed by atoms with van der Waals surface area (Å²) in [5.74, 6) is 2.48. The van der Waals surface area contributed by atoms with Crippen molar-refractivity contribution in [2.75, 3.05) is 11.9 Å². The number of fused-ring (bicyclic) bond motifs is 3. The van der Waals surface area contributed by atoms with Gasteiger partial charge in [-0.1, -0.05) is 84.9 Å². The van der Waals surface area contributed by atoms with E-state index in [4.69, 9.17) is 27.9 Å². The minimum atomic E-state index is 0.500. The number of allylic oxidation sites excluding steroid dienone is 2. The summed E-state index contributed by atoms with van der Waals surface area (Å²) < 4.78 is 10.2. The number of hydrogen-bond acceptors (Lipinski definition) is 2. The molecular formula is C36H28Cl2N3O+. The van der Waals surface area contributed by atoms with Gasteiger partial charge in [0.05, 0.1) is 5.69 Å². The number of halogens is 2. The van der Waals surface area contributed by atoms with Gasteiger partial charge in [0.25, 0.3) is 16.1 Å². The van der Waals surface area contributed by atoms with Crippen LogP contribution in [0.3, 0.4) is 0 Å². The molecule has 0 fully saturated rings. The second-order valence-electron chi connectivity index (χ2n) is 10.5. The van der Waals surface area contributed by atoms with E-state index in [1.54, 1.807) is 0 Å². The molecule has 42 heavy (non-hydrogen) atoms. The first-order chi connectivity index (χ1) is 20.5. The fourth-order valence-electron chi connectivity index (χ4n) is 5.57. The van der Waals surface area contributed by atoms with E-state index in [0.29, 0.717) is 23.4 Å². The molecule has 5 aromatic carbocycles. The van der Waals surface area contributed by atoms with Crippen LogP contribution in [-0.2, 0) is 13.1 Å². The number of imidazole rings is 1. The van der Waals surface area contributed by atoms with Crippen LogP contribution in [0.4, 0.5) is 5.69 Å². The first-order valence-electron chi connectivity index (χ1n) is 13.9. The Morgan fingerprint density at radius 1 is 0.738 bits per heavy atom. The van der Waals surface area contributed by atoms with Crippen LogP contribution in [0, 0.1) is 0 Å². The summed E-state index contributed by atoms with van der Waals surface area (Å²) in [6, 6.07) is 37.8. The highest BCUT2D eigenvalue weighted by Gasteiger charge is 2.28. The second-order valence-corrected chi connectivity index (χ2v) is 11.2. The van der Waals surface area contributed by atoms with Gasteiger partial charge >= 0.3 is 0 Å². The van der Waals surface area contributed by atoms with Crippen molar-refractivity contribution in [1.29, 1.82) is 0 Å². The molecule has 0 N–H and O–H groups in total. The number of ether oxygens (including phenoxy) is 1. The molecule has 0 unspecified atom stereocenters. The van der Waals surface area contributed by atoms with Crippen molar-refractivity contribution in [2.24, 2.45) is 0 Å². The van der Waals surface area contributed by atoms with Crippen LogP contribution < -0.4 is 14.2 Å². The lowest BCUT2D eigenvalue weighted by atomic mass is 10.1. The first-order valence-corrected chi connectivity index (χ1v) is 14.6. The van der Waals surface area contributed by atoms with E-state index in [-0.39, 0.29) is 0 Å². The van der Waals surface area contributed by atoms with Crippen LogP contribution in [0.1, 0.15) is 17.0 Å². The van der Waals surface area contributed by atoms with Gasteiger partial charge in [0.1, 0.15) is 13.1 Å². The molecule has 4 nitrogen and oxygen atoms in total. The molecule has 0 atom stereocenters. The Hall–Kier alpha value is -4.51. The number of rotatable bonds is 6. The quantitative estimate of drug-likeness (QED) is 0.181. The first kappa shape index (κ1) is 26.4. The Kier molecular flexibility index (Phi) is 6.94. The average molecular weight is 590 g/mol. The van der Waals surface area contributed by atoms with Gasteiger partial charge in [-0.15, -0.1) is 0 Å². The van der Waals surface area contributed by atoms with Gasteiger partial charge in [-0.2, -0.15) is 0 Å². The van der Waals surface area contributed by atoms with E-state index in [1.807, 2.05) is 54.4 Å². The van der Waals surface area contributed by atoms with Crippen LogP contribution in [-0.4, -0.2) is 11.6 Å². The van der Waals surface area contributed by atoms with E-state index in [9.17, 15) is 0 Å². The minimum Gasteiger partial charge on any atom is -0.439 e. The molecule has 7 rings (SSSR count). The normalized spacial score (nSPS) is 13.9. The monoisotopic (exact) mass is 588 g/mol. The lowest BCUT2D eigenvalue weighted by molar-refractivity contribution is -0.687. The van der Waals surface area contributed by atoms with Gasteiger partial charge in [0.2, 0.25) is 0 Å². The molecule has 0 saturated heterocycles. The lowest BCUT2D eigenvalue weighted by Gasteiger charge is -2.09. The second kappa shape index (κ2) is 11.1. The largest absolute Gasteiger partial charge is 0.439 e. The molecule has 0 aliphatic carbocycles. The van der Waals surface area contributed by atoms with Gasteiger partial charge in [0.15, 0.2) is 11.6 Å². The van der Waals surface area contributed by atoms with E-state index in [0.717, 1.165) is 34.3 Å². The van der Waals surface area contributed by atoms with Gasteiger partial charge < -0.3 is 9.64 Å². The molecule has 0 saturated carbocycles. The highest BCUT2D eigenvalue weighted by Crippen LogP contribution is 2.37. The van der Waals surface area contributed by atoms with Crippen molar-refractivity contribution in [3.05, 3.63) is 154 Å². The topological polar surface area (TPSA) is 21.3 Å². The Labute approximate surface area is 254 Å². The number of benzene rings is 5. The number of hydrogen-bond donors (Lipinski definition) is 0. The molecule has 0 spiro atoms. The summed E-state index contributed by atoms with van der Waals surface area (Å²) in [5.41, 5.74) is 3.32. The number of para-hydroxylation sites is 2. The van der Waals surface area contributed by atoms with Crippen molar-refractivity contribution in [3.63, 3.8) is 0 Å². The lowest BCUT2D eigenvalue weighted by Crippen LogP contribution is -2.37. The third-order valence-electron chi connectivity index (χ3n) is 7.76. The molecule has 0 radical (unpaired) electrons. The Morgan fingerprint density at radius 2 is 1.36 bits per heavy atom. The minimum absolute atomic E-state index is 0.500. The molecule has 1 aliphatic rings. The van der Waals surface area contributed by atoms with Crippen LogP contribution in [0.15, 0.2) is 127 Å². The maximum atomic E-state index is 6.97. The van der Waals surface area contributed by atoms with E-state index in [2.05, 4.69) is 94.1 Å². The van der Waals surface area contributed by atoms with Crippen LogP contribution in [0.25, 0.3) is 27.6 Å². The van der Waals surface area contributed by atoms with Crippen LogP contribution in [0.5, 0.6) is 5.75 Å². The van der Waals surface area contributed by atoms with Gasteiger partial charge in [-0.3, -0.25) is 0 Å². The molecule has 206 valence electrons. The summed E-state index contributed by atoms with van der Waals surface area (Å²) in [5, 5.41) is 5.79. The molecule has 1 aromatic heterocycles. The molecule has 6 aromatic rings. The maximum Gasteiger partial charge on any atom is 0.284 e. The molecule has 6 heteroatoms. The Morgan fingerprint density at radius 3 is 2.07 bits per heavy atom. The number of aromatic nitrogens is 2. The number of nitrogens with zero attached hydrogens (tertiary/aromatic N) is 3. The molecule has 1 aliphatic heterocycles. The van der Waals surface area contributed by atoms with Crippen molar-refractivity contribution >= 4 is 56.5 Å². The van der Waals surface area contributed by atoms with Crippen LogP contribution >= 0.6 is 23.2 Å². The SMILES string of the molecule is CN1/C(=C/C=C/c2n(Cc3ccc4ccccc4c3)c(Cl)c(Cl)[n+]2Cc2ccc3ccccc3c2)Oc2ccccc21. The highest BCUT2D eigenvalue weighted by molar-refractivity contribution is 6.40. The van der Waals surface area contributed by atoms with E-state index >= 15 is 0 Å². The maximum absolute atomic E-state index is 6.97. The fraction of sp³-hybridized carbons (Fsp3) is 0.0833. The third-order valence-corrected chi connectivity index (χ3v) is 8.63. The van der Waals surface area contributed by atoms with Gasteiger partial charge in [0, 0.05) is 13.1 Å². The summed E-state index contributed by atoms with van der Waals surface area (Å²) in [4.78, 5) is 2.04. The predicted molar refractivity (Wildman–Crippen MR) is 173 cm³/mol. The predicted octanol–water partition coefficient (Wildman–Crippen LogP) is 8.87. The van der Waals surface area contributed by atoms with Crippen molar-refractivity contribution in [3.8, 4) is 5.75 Å². The summed E-state index contributed by atoms with van der Waals surface area (Å²) in [7, 11) is 2.00. The van der Waals surface area contributed by atoms with Crippen molar-refractivity contribution < 1.29 is 9.30 Å². The average Bonchev–Trinajstić information content (AvgIpc) is 3.45. The molecule has 0 amide bonds. The molecule has 2 heterocycles. The van der Waals surface area contributed by atoms with Crippen molar-refractivity contribution in [2.45, 2.75) is 13.1 Å². The standard InChI is InChI=1S/C36H28Cl2N3O/c1-39-31-13-6-7-14-32(31)42-34(39)16-8-15-33-40(23-25-17-19-27-9-2-4-11-29(27)21-25)35(37)36(38)41(33)24-26-18-20-28-10-3-5-12-30(28)22-26/h2-22H,23-24H2,1H3/q+1. The van der Waals surface area contributed by atoms with Gasteiger partial charge in [-0.25, -0.2) is 9.13 Å². The summed E-state index contributed by atoms with van der Waals surface area (Å²) in [6.07, 6.45) is 6.01. The van der Waals surface area contributed by atoms with E-state index < -0.39 is 0 Å². The number of anilines is 1. The molecular weight excluding hydrogens is 561 g/mol. The summed E-state index contributed by atoms with van der Waals surface area (Å²) >= 11 is 13.9. The Balaban J connectivity index is 1.28. The van der Waals surface area contributed by atoms with E-state index in [1.165, 1.54) is 21.5 Å². The van der Waals surface area contributed by atoms with Gasteiger partial charge in [-0.05, 0) is 92.3 Å². The highest BCUT2D eigenvalue weighted by atomic mass is 35.5. The Bertz CT molecular complexity index is 1920. The fourth-order valence-corrected chi connectivity index (χ4v) is 6.07. The smallest absolute Gasteiger partial charge is 0.284 e. The summed E-state index contributed by atoms with van der Waals surface area (Å²) in [6.45, 7) is 1.15. The zero-order valence-electron chi connectivity index (χ0n) is 23.0. The van der Waals surface area contributed by atoms with Crippen molar-refractivity contribution in [1.82, 2.24) is 4.57 Å². The zero-order chi connectivity index (χ0) is 28.6.